The predicted octanol–water partition coefficient (Wildman–Crippen LogP) is 5.96. The number of rotatable bonds is 8. The van der Waals surface area contributed by atoms with Crippen LogP contribution in [-0.2, 0) is 22.6 Å². The standard InChI is InChI=1S/C25H32Cl2N2O2/c1-6-22(24(31)28-25(3,4)5)29(16-19-11-13-20(26)21(27)15-19)23(30)14-12-18-9-7-17(2)8-10-18/h7-11,13,15,22H,6,12,14,16H2,1-5H3,(H,28,31)/t22-/m1/s1. The van der Waals surface area contributed by atoms with Gasteiger partial charge < -0.3 is 10.2 Å². The molecule has 2 rings (SSSR count). The molecule has 168 valence electrons. The summed E-state index contributed by atoms with van der Waals surface area (Å²) in [4.78, 5) is 28.0. The number of amides is 2. The minimum atomic E-state index is -0.570. The summed E-state index contributed by atoms with van der Waals surface area (Å²) in [5.74, 6) is -0.221. The number of carbonyl (C=O) groups excluding carboxylic acids is 2. The van der Waals surface area contributed by atoms with Crippen LogP contribution in [0.1, 0.15) is 57.2 Å². The lowest BCUT2D eigenvalue weighted by molar-refractivity contribution is -0.142. The number of aryl methyl sites for hydroxylation is 2. The van der Waals surface area contributed by atoms with E-state index in [1.807, 2.05) is 65.0 Å². The molecule has 0 fully saturated rings. The Labute approximate surface area is 195 Å². The van der Waals surface area contributed by atoms with E-state index < -0.39 is 6.04 Å². The second-order valence-electron chi connectivity index (χ2n) is 8.92. The van der Waals surface area contributed by atoms with E-state index in [1.54, 1.807) is 17.0 Å². The number of carbonyl (C=O) groups is 2. The predicted molar refractivity (Wildman–Crippen MR) is 128 cm³/mol. The third-order valence-electron chi connectivity index (χ3n) is 4.97. The van der Waals surface area contributed by atoms with Crippen LogP contribution in [0, 0.1) is 6.92 Å². The van der Waals surface area contributed by atoms with Gasteiger partial charge in [0.05, 0.1) is 10.0 Å². The van der Waals surface area contributed by atoms with Gasteiger partial charge >= 0.3 is 0 Å². The number of halogens is 2. The molecule has 31 heavy (non-hydrogen) atoms. The quantitative estimate of drug-likeness (QED) is 0.526. The van der Waals surface area contributed by atoms with E-state index in [-0.39, 0.29) is 17.4 Å². The van der Waals surface area contributed by atoms with E-state index in [0.717, 1.165) is 11.1 Å². The van der Waals surface area contributed by atoms with Crippen LogP contribution in [0.5, 0.6) is 0 Å². The third-order valence-corrected chi connectivity index (χ3v) is 5.71. The smallest absolute Gasteiger partial charge is 0.243 e. The lowest BCUT2D eigenvalue weighted by atomic mass is 10.0. The molecule has 4 nitrogen and oxygen atoms in total. The zero-order valence-corrected chi connectivity index (χ0v) is 20.5. The van der Waals surface area contributed by atoms with E-state index in [4.69, 9.17) is 23.2 Å². The van der Waals surface area contributed by atoms with Crippen LogP contribution in [0.4, 0.5) is 0 Å². The van der Waals surface area contributed by atoms with Crippen LogP contribution >= 0.6 is 23.2 Å². The molecule has 2 aromatic rings. The van der Waals surface area contributed by atoms with Gasteiger partial charge in [-0.2, -0.15) is 0 Å². The molecule has 0 saturated heterocycles. The van der Waals surface area contributed by atoms with Crippen molar-refractivity contribution in [3.63, 3.8) is 0 Å². The normalized spacial score (nSPS) is 12.4. The highest BCUT2D eigenvalue weighted by Crippen LogP contribution is 2.24. The fourth-order valence-electron chi connectivity index (χ4n) is 3.36. The highest BCUT2D eigenvalue weighted by molar-refractivity contribution is 6.42. The number of nitrogens with one attached hydrogen (secondary N) is 1. The Kier molecular flexibility index (Phi) is 8.96. The molecule has 0 aliphatic rings. The molecular weight excluding hydrogens is 431 g/mol. The van der Waals surface area contributed by atoms with Crippen molar-refractivity contribution in [2.24, 2.45) is 0 Å². The van der Waals surface area contributed by atoms with Gasteiger partial charge in [0, 0.05) is 18.5 Å². The summed E-state index contributed by atoms with van der Waals surface area (Å²) in [5, 5.41) is 3.90. The minimum Gasteiger partial charge on any atom is -0.350 e. The van der Waals surface area contributed by atoms with Gasteiger partial charge in [-0.15, -0.1) is 0 Å². The Morgan fingerprint density at radius 1 is 1.00 bits per heavy atom. The van der Waals surface area contributed by atoms with Gasteiger partial charge in [0.25, 0.3) is 0 Å². The maximum Gasteiger partial charge on any atom is 0.243 e. The van der Waals surface area contributed by atoms with E-state index in [0.29, 0.717) is 35.9 Å². The SMILES string of the molecule is CC[C@H](C(=O)NC(C)(C)C)N(Cc1ccc(Cl)c(Cl)c1)C(=O)CCc1ccc(C)cc1. The summed E-state index contributed by atoms with van der Waals surface area (Å²) in [6.07, 6.45) is 1.46. The zero-order valence-electron chi connectivity index (χ0n) is 19.0. The van der Waals surface area contributed by atoms with Crippen molar-refractivity contribution in [2.45, 2.75) is 72.0 Å². The largest absolute Gasteiger partial charge is 0.350 e. The van der Waals surface area contributed by atoms with Gasteiger partial charge in [0.2, 0.25) is 11.8 Å². The van der Waals surface area contributed by atoms with Crippen molar-refractivity contribution in [2.75, 3.05) is 0 Å². The van der Waals surface area contributed by atoms with Gasteiger partial charge in [-0.25, -0.2) is 0 Å². The van der Waals surface area contributed by atoms with Crippen molar-refractivity contribution in [1.29, 1.82) is 0 Å². The second-order valence-corrected chi connectivity index (χ2v) is 9.73. The topological polar surface area (TPSA) is 49.4 Å². The Morgan fingerprint density at radius 3 is 2.16 bits per heavy atom. The summed E-state index contributed by atoms with van der Waals surface area (Å²) in [6, 6.07) is 12.9. The molecule has 0 saturated carbocycles. The van der Waals surface area contributed by atoms with Crippen LogP contribution in [0.2, 0.25) is 10.0 Å². The summed E-state index contributed by atoms with van der Waals surface area (Å²) >= 11 is 12.2. The molecule has 0 heterocycles. The number of hydrogen-bond acceptors (Lipinski definition) is 2. The van der Waals surface area contributed by atoms with Crippen molar-refractivity contribution in [3.8, 4) is 0 Å². The Bertz CT molecular complexity index is 905. The van der Waals surface area contributed by atoms with E-state index >= 15 is 0 Å². The molecule has 2 aromatic carbocycles. The maximum absolute atomic E-state index is 13.3. The Morgan fingerprint density at radius 2 is 1.61 bits per heavy atom. The first-order valence-corrected chi connectivity index (χ1v) is 11.4. The van der Waals surface area contributed by atoms with Gasteiger partial charge in [-0.05, 0) is 63.8 Å². The first kappa shape index (κ1) is 25.2. The maximum atomic E-state index is 13.3. The average molecular weight is 463 g/mol. The average Bonchev–Trinajstić information content (AvgIpc) is 2.68. The minimum absolute atomic E-state index is 0.0671. The van der Waals surface area contributed by atoms with Crippen molar-refractivity contribution in [1.82, 2.24) is 10.2 Å². The number of nitrogens with zero attached hydrogens (tertiary/aromatic N) is 1. The molecule has 0 radical (unpaired) electrons. The fraction of sp³-hybridized carbons (Fsp3) is 0.440. The molecule has 1 N–H and O–H groups in total. The first-order chi connectivity index (χ1) is 14.5. The number of hydrogen-bond donors (Lipinski definition) is 1. The van der Waals surface area contributed by atoms with Crippen LogP contribution in [0.3, 0.4) is 0 Å². The van der Waals surface area contributed by atoms with Gasteiger partial charge in [0.15, 0.2) is 0 Å². The van der Waals surface area contributed by atoms with Crippen molar-refractivity contribution >= 4 is 35.0 Å². The van der Waals surface area contributed by atoms with Crippen molar-refractivity contribution < 1.29 is 9.59 Å². The van der Waals surface area contributed by atoms with Gasteiger partial charge in [-0.1, -0.05) is 66.0 Å². The lowest BCUT2D eigenvalue weighted by Gasteiger charge is -2.33. The molecule has 0 spiro atoms. The van der Waals surface area contributed by atoms with E-state index in [2.05, 4.69) is 5.32 Å². The fourth-order valence-corrected chi connectivity index (χ4v) is 3.68. The monoisotopic (exact) mass is 462 g/mol. The Balaban J connectivity index is 2.25. The summed E-state index contributed by atoms with van der Waals surface area (Å²) in [6.45, 7) is 10.0. The van der Waals surface area contributed by atoms with Crippen LogP contribution in [0.15, 0.2) is 42.5 Å². The molecular formula is C25H32Cl2N2O2. The summed E-state index contributed by atoms with van der Waals surface area (Å²) < 4.78 is 0. The molecule has 2 amide bonds. The third kappa shape index (κ3) is 7.86. The molecule has 6 heteroatoms. The summed E-state index contributed by atoms with van der Waals surface area (Å²) in [5.41, 5.74) is 2.73. The molecule has 0 aromatic heterocycles. The summed E-state index contributed by atoms with van der Waals surface area (Å²) in [7, 11) is 0. The molecule has 1 atom stereocenters. The highest BCUT2D eigenvalue weighted by Gasteiger charge is 2.30. The van der Waals surface area contributed by atoms with Crippen LogP contribution in [0.25, 0.3) is 0 Å². The number of benzene rings is 2. The van der Waals surface area contributed by atoms with Crippen LogP contribution in [-0.4, -0.2) is 28.3 Å². The van der Waals surface area contributed by atoms with Crippen molar-refractivity contribution in [3.05, 3.63) is 69.2 Å². The molecule has 0 aliphatic heterocycles. The first-order valence-electron chi connectivity index (χ1n) is 10.6. The molecule has 0 bridgehead atoms. The van der Waals surface area contributed by atoms with E-state index in [1.165, 1.54) is 5.56 Å². The Hall–Kier alpha value is -2.04. The van der Waals surface area contributed by atoms with Gasteiger partial charge in [-0.3, -0.25) is 9.59 Å². The lowest BCUT2D eigenvalue weighted by Crippen LogP contribution is -2.53. The second kappa shape index (κ2) is 11.0. The van der Waals surface area contributed by atoms with Gasteiger partial charge in [0.1, 0.15) is 6.04 Å². The molecule has 0 unspecified atom stereocenters. The zero-order chi connectivity index (χ0) is 23.2. The highest BCUT2D eigenvalue weighted by atomic mass is 35.5. The molecule has 0 aliphatic carbocycles. The van der Waals surface area contributed by atoms with E-state index in [9.17, 15) is 9.59 Å². The van der Waals surface area contributed by atoms with Crippen LogP contribution < -0.4 is 5.32 Å².